The summed E-state index contributed by atoms with van der Waals surface area (Å²) in [6, 6.07) is 16.3. The first-order valence-electron chi connectivity index (χ1n) is 8.61. The number of non-ortho nitro benzene ring substituents is 1. The van der Waals surface area contributed by atoms with E-state index in [-0.39, 0.29) is 10.6 Å². The third-order valence-electron chi connectivity index (χ3n) is 4.65. The minimum absolute atomic E-state index is 0.0129. The van der Waals surface area contributed by atoms with Crippen LogP contribution in [0.4, 0.5) is 17.1 Å². The Morgan fingerprint density at radius 3 is 2.41 bits per heavy atom. The minimum atomic E-state index is -3.78. The van der Waals surface area contributed by atoms with Gasteiger partial charge in [-0.25, -0.2) is 18.5 Å². The highest BCUT2D eigenvalue weighted by Gasteiger charge is 2.15. The Balaban J connectivity index is 1.93. The number of nitro groups is 1. The Kier molecular flexibility index (Phi) is 4.40. The highest BCUT2D eigenvalue weighted by Crippen LogP contribution is 2.35. The van der Waals surface area contributed by atoms with Crippen LogP contribution in [-0.2, 0) is 10.0 Å². The first-order chi connectivity index (χ1) is 13.7. The van der Waals surface area contributed by atoms with E-state index in [4.69, 9.17) is 5.14 Å². The van der Waals surface area contributed by atoms with E-state index in [1.165, 1.54) is 24.3 Å². The number of aromatic nitrogens is 1. The summed E-state index contributed by atoms with van der Waals surface area (Å²) in [5.41, 5.74) is 3.48. The third kappa shape index (κ3) is 3.48. The van der Waals surface area contributed by atoms with Gasteiger partial charge in [-0.15, -0.1) is 0 Å². The topological polar surface area (TPSA) is 128 Å². The van der Waals surface area contributed by atoms with Crippen molar-refractivity contribution in [2.45, 2.75) is 11.8 Å². The van der Waals surface area contributed by atoms with E-state index < -0.39 is 14.9 Å². The molecule has 29 heavy (non-hydrogen) atoms. The van der Waals surface area contributed by atoms with Crippen molar-refractivity contribution in [3.05, 3.63) is 76.3 Å². The minimum Gasteiger partial charge on any atom is -0.354 e. The number of rotatable bonds is 4. The molecule has 0 saturated carbocycles. The van der Waals surface area contributed by atoms with Crippen LogP contribution in [0.5, 0.6) is 0 Å². The van der Waals surface area contributed by atoms with Crippen LogP contribution < -0.4 is 10.5 Å². The fraction of sp³-hybridized carbons (Fsp3) is 0.0500. The molecule has 4 aromatic rings. The van der Waals surface area contributed by atoms with Gasteiger partial charge in [0.1, 0.15) is 0 Å². The molecule has 146 valence electrons. The summed E-state index contributed by atoms with van der Waals surface area (Å²) in [6.45, 7) is 1.92. The number of benzene rings is 3. The fourth-order valence-electron chi connectivity index (χ4n) is 3.22. The molecular weight excluding hydrogens is 392 g/mol. The molecule has 0 unspecified atom stereocenters. The summed E-state index contributed by atoms with van der Waals surface area (Å²) in [5, 5.41) is 21.2. The van der Waals surface area contributed by atoms with Gasteiger partial charge in [0, 0.05) is 28.6 Å². The zero-order chi connectivity index (χ0) is 20.8. The Hall–Kier alpha value is -3.56. The van der Waals surface area contributed by atoms with Crippen LogP contribution >= 0.6 is 0 Å². The second kappa shape index (κ2) is 6.80. The first-order valence-corrected chi connectivity index (χ1v) is 10.2. The predicted octanol–water partition coefficient (Wildman–Crippen LogP) is 4.00. The summed E-state index contributed by atoms with van der Waals surface area (Å²) in [7, 11) is -3.78. The van der Waals surface area contributed by atoms with Crippen molar-refractivity contribution < 1.29 is 13.3 Å². The van der Waals surface area contributed by atoms with Crippen LogP contribution in [0.15, 0.2) is 65.6 Å². The van der Waals surface area contributed by atoms with Crippen molar-refractivity contribution in [3.63, 3.8) is 0 Å². The summed E-state index contributed by atoms with van der Waals surface area (Å²) in [5.74, 6) is 0. The van der Waals surface area contributed by atoms with E-state index >= 15 is 0 Å². The number of nitrogens with one attached hydrogen (secondary N) is 1. The Morgan fingerprint density at radius 2 is 1.76 bits per heavy atom. The number of fused-ring (bicyclic) bond motifs is 2. The number of para-hydroxylation sites is 1. The molecule has 0 aliphatic rings. The average molecular weight is 408 g/mol. The second-order valence-electron chi connectivity index (χ2n) is 6.61. The van der Waals surface area contributed by atoms with Crippen molar-refractivity contribution in [3.8, 4) is 0 Å². The number of nitrogens with two attached hydrogens (primary N) is 1. The second-order valence-corrected chi connectivity index (χ2v) is 8.17. The maximum absolute atomic E-state index is 11.5. The number of anilines is 2. The molecule has 0 bridgehead atoms. The van der Waals surface area contributed by atoms with E-state index in [1.807, 2.05) is 25.1 Å². The van der Waals surface area contributed by atoms with Crippen LogP contribution in [0.2, 0.25) is 0 Å². The van der Waals surface area contributed by atoms with E-state index in [1.54, 1.807) is 18.2 Å². The van der Waals surface area contributed by atoms with E-state index in [0.29, 0.717) is 16.6 Å². The maximum atomic E-state index is 11.5. The molecule has 8 nitrogen and oxygen atoms in total. The van der Waals surface area contributed by atoms with Crippen LogP contribution in [0.25, 0.3) is 21.8 Å². The molecule has 0 fully saturated rings. The zero-order valence-electron chi connectivity index (χ0n) is 15.3. The number of hydrogen-bond acceptors (Lipinski definition) is 6. The molecular formula is C20H16N4O4S. The molecule has 0 atom stereocenters. The van der Waals surface area contributed by atoms with Gasteiger partial charge in [-0.1, -0.05) is 18.2 Å². The van der Waals surface area contributed by atoms with E-state index in [2.05, 4.69) is 10.3 Å². The highest BCUT2D eigenvalue weighted by atomic mass is 32.2. The number of nitrogens with zero attached hydrogens (tertiary/aromatic N) is 2. The van der Waals surface area contributed by atoms with Gasteiger partial charge in [-0.05, 0) is 42.8 Å². The van der Waals surface area contributed by atoms with Crippen LogP contribution in [0.3, 0.4) is 0 Å². The van der Waals surface area contributed by atoms with Crippen molar-refractivity contribution in [1.29, 1.82) is 0 Å². The molecule has 0 saturated heterocycles. The van der Waals surface area contributed by atoms with Crippen molar-refractivity contribution >= 4 is 48.9 Å². The Bertz CT molecular complexity index is 1380. The lowest BCUT2D eigenvalue weighted by Crippen LogP contribution is -2.11. The fourth-order valence-corrected chi connectivity index (χ4v) is 3.73. The largest absolute Gasteiger partial charge is 0.354 e. The number of primary sulfonamides is 1. The van der Waals surface area contributed by atoms with Gasteiger partial charge in [-0.3, -0.25) is 10.1 Å². The quantitative estimate of drug-likeness (QED) is 0.298. The summed E-state index contributed by atoms with van der Waals surface area (Å²) < 4.78 is 22.9. The SMILES string of the molecule is Cc1cccc2c(Nc3ccc(S(N)(=O)=O)cc3)c3ccc([N+](=O)[O-])cc3nc12. The van der Waals surface area contributed by atoms with E-state index in [0.717, 1.165) is 22.2 Å². The molecule has 0 radical (unpaired) electrons. The summed E-state index contributed by atoms with van der Waals surface area (Å²) >= 11 is 0. The number of sulfonamides is 1. The van der Waals surface area contributed by atoms with Gasteiger partial charge < -0.3 is 5.32 Å². The molecule has 0 spiro atoms. The highest BCUT2D eigenvalue weighted by molar-refractivity contribution is 7.89. The lowest BCUT2D eigenvalue weighted by Gasteiger charge is -2.14. The Labute approximate surface area is 166 Å². The monoisotopic (exact) mass is 408 g/mol. The predicted molar refractivity (Wildman–Crippen MR) is 112 cm³/mol. The van der Waals surface area contributed by atoms with Gasteiger partial charge in [-0.2, -0.15) is 0 Å². The van der Waals surface area contributed by atoms with Crippen molar-refractivity contribution in [1.82, 2.24) is 4.98 Å². The van der Waals surface area contributed by atoms with Gasteiger partial charge >= 0.3 is 0 Å². The van der Waals surface area contributed by atoms with Gasteiger partial charge in [0.15, 0.2) is 0 Å². The molecule has 4 rings (SSSR count). The number of nitro benzene ring substituents is 1. The molecule has 3 N–H and O–H groups in total. The van der Waals surface area contributed by atoms with Gasteiger partial charge in [0.2, 0.25) is 10.0 Å². The van der Waals surface area contributed by atoms with Crippen LogP contribution in [0, 0.1) is 17.0 Å². The molecule has 0 aliphatic carbocycles. The van der Waals surface area contributed by atoms with Gasteiger partial charge in [0.05, 0.1) is 26.5 Å². The van der Waals surface area contributed by atoms with Gasteiger partial charge in [0.25, 0.3) is 5.69 Å². The van der Waals surface area contributed by atoms with Crippen LogP contribution in [0.1, 0.15) is 5.56 Å². The Morgan fingerprint density at radius 1 is 1.03 bits per heavy atom. The number of hydrogen-bond donors (Lipinski definition) is 2. The molecule has 9 heteroatoms. The van der Waals surface area contributed by atoms with Crippen molar-refractivity contribution in [2.24, 2.45) is 5.14 Å². The maximum Gasteiger partial charge on any atom is 0.271 e. The van der Waals surface area contributed by atoms with Crippen LogP contribution in [-0.4, -0.2) is 18.3 Å². The molecule has 3 aromatic carbocycles. The number of aryl methyl sites for hydroxylation is 1. The third-order valence-corrected chi connectivity index (χ3v) is 5.58. The van der Waals surface area contributed by atoms with E-state index in [9.17, 15) is 18.5 Å². The summed E-state index contributed by atoms with van der Waals surface area (Å²) in [4.78, 5) is 15.4. The molecule has 1 aromatic heterocycles. The zero-order valence-corrected chi connectivity index (χ0v) is 16.1. The number of pyridine rings is 1. The normalized spacial score (nSPS) is 11.7. The molecule has 1 heterocycles. The lowest BCUT2D eigenvalue weighted by atomic mass is 10.0. The smallest absolute Gasteiger partial charge is 0.271 e. The summed E-state index contributed by atoms with van der Waals surface area (Å²) in [6.07, 6.45) is 0. The lowest BCUT2D eigenvalue weighted by molar-refractivity contribution is -0.384. The molecule has 0 aliphatic heterocycles. The average Bonchev–Trinajstić information content (AvgIpc) is 2.68. The van der Waals surface area contributed by atoms with Crippen molar-refractivity contribution in [2.75, 3.05) is 5.32 Å². The molecule has 0 amide bonds. The first kappa shape index (κ1) is 18.8. The standard InChI is InChI=1S/C20H16N4O4S/c1-12-3-2-4-17-19(12)23-18-11-14(24(25)26)7-10-16(18)20(17)22-13-5-8-15(9-6-13)29(21,27)28/h2-11H,1H3,(H,22,23)(H2,21,27,28).